The van der Waals surface area contributed by atoms with Crippen molar-refractivity contribution in [3.63, 3.8) is 0 Å². The van der Waals surface area contributed by atoms with Gasteiger partial charge in [0.2, 0.25) is 11.8 Å². The van der Waals surface area contributed by atoms with Crippen LogP contribution in [-0.4, -0.2) is 15.9 Å². The van der Waals surface area contributed by atoms with Crippen LogP contribution in [0, 0.1) is 5.92 Å². The Labute approximate surface area is 137 Å². The molecule has 0 spiro atoms. The fourth-order valence-corrected chi connectivity index (χ4v) is 4.22. The molecule has 3 rings (SSSR count). The number of anilines is 1. The summed E-state index contributed by atoms with van der Waals surface area (Å²) in [5, 5.41) is 3.61. The lowest BCUT2D eigenvalue weighted by atomic mass is 10.1. The highest BCUT2D eigenvalue weighted by atomic mass is 32.2. The van der Waals surface area contributed by atoms with Crippen LogP contribution < -0.4 is 5.32 Å². The molecule has 1 aliphatic carbocycles. The fraction of sp³-hybridized carbons (Fsp3) is 0.533. The van der Waals surface area contributed by atoms with Gasteiger partial charge in [-0.1, -0.05) is 31.1 Å². The first-order valence-corrected chi connectivity index (χ1v) is 9.38. The zero-order chi connectivity index (χ0) is 15.4. The van der Waals surface area contributed by atoms with E-state index in [2.05, 4.69) is 15.3 Å². The van der Waals surface area contributed by atoms with Gasteiger partial charge in [-0.2, -0.15) is 0 Å². The van der Waals surface area contributed by atoms with E-state index in [0.29, 0.717) is 10.9 Å². The van der Waals surface area contributed by atoms with Crippen molar-refractivity contribution in [3.8, 4) is 0 Å². The summed E-state index contributed by atoms with van der Waals surface area (Å²) < 4.78 is 6.63. The molecule has 1 N–H and O–H groups in total. The second kappa shape index (κ2) is 7.28. The van der Waals surface area contributed by atoms with E-state index < -0.39 is 0 Å². The van der Waals surface area contributed by atoms with E-state index in [0.717, 1.165) is 48.0 Å². The highest BCUT2D eigenvalue weighted by molar-refractivity contribution is 8.00. The molecule has 1 saturated carbocycles. The highest BCUT2D eigenvalue weighted by Crippen LogP contribution is 2.32. The first kappa shape index (κ1) is 15.6. The summed E-state index contributed by atoms with van der Waals surface area (Å²) in [6.45, 7) is 2.04. The third kappa shape index (κ3) is 3.89. The molecule has 0 aliphatic heterocycles. The molecule has 2 heterocycles. The van der Waals surface area contributed by atoms with Crippen molar-refractivity contribution in [1.82, 2.24) is 9.97 Å². The van der Waals surface area contributed by atoms with Crippen molar-refractivity contribution in [1.29, 1.82) is 0 Å². The van der Waals surface area contributed by atoms with E-state index in [-0.39, 0.29) is 11.8 Å². The predicted molar refractivity (Wildman–Crippen MR) is 88.1 cm³/mol. The Balaban J connectivity index is 1.51. The molecular formula is C15H19N3O2S2. The highest BCUT2D eigenvalue weighted by Gasteiger charge is 2.23. The molecule has 1 aliphatic rings. The SMILES string of the molecule is CCc1cnc(CSc2cnc(NC(=O)C3CCCC3)s2)o1. The van der Waals surface area contributed by atoms with Crippen molar-refractivity contribution < 1.29 is 9.21 Å². The maximum atomic E-state index is 12.1. The second-order valence-corrected chi connectivity index (χ2v) is 7.62. The Kier molecular flexibility index (Phi) is 5.15. The van der Waals surface area contributed by atoms with Gasteiger partial charge in [0, 0.05) is 12.3 Å². The molecule has 22 heavy (non-hydrogen) atoms. The molecule has 118 valence electrons. The molecule has 0 atom stereocenters. The first-order valence-electron chi connectivity index (χ1n) is 7.57. The number of aromatic nitrogens is 2. The van der Waals surface area contributed by atoms with Gasteiger partial charge in [-0.05, 0) is 12.8 Å². The van der Waals surface area contributed by atoms with Crippen LogP contribution in [0.4, 0.5) is 5.13 Å². The van der Waals surface area contributed by atoms with E-state index in [1.54, 1.807) is 24.2 Å². The summed E-state index contributed by atoms with van der Waals surface area (Å²) in [6, 6.07) is 0. The molecule has 1 fully saturated rings. The first-order chi connectivity index (χ1) is 10.7. The summed E-state index contributed by atoms with van der Waals surface area (Å²) in [6.07, 6.45) is 8.75. The number of amides is 1. The van der Waals surface area contributed by atoms with Gasteiger partial charge in [0.1, 0.15) is 5.76 Å². The third-order valence-corrected chi connectivity index (χ3v) is 5.82. The lowest BCUT2D eigenvalue weighted by Gasteiger charge is -2.07. The van der Waals surface area contributed by atoms with Crippen LogP contribution in [-0.2, 0) is 17.0 Å². The maximum absolute atomic E-state index is 12.1. The number of nitrogens with one attached hydrogen (secondary N) is 1. The van der Waals surface area contributed by atoms with Crippen molar-refractivity contribution in [2.45, 2.75) is 49.0 Å². The Morgan fingerprint density at radius 1 is 1.41 bits per heavy atom. The van der Waals surface area contributed by atoms with Gasteiger partial charge in [-0.15, -0.1) is 11.8 Å². The monoisotopic (exact) mass is 337 g/mol. The molecule has 7 heteroatoms. The van der Waals surface area contributed by atoms with Gasteiger partial charge in [0.05, 0.1) is 22.4 Å². The van der Waals surface area contributed by atoms with E-state index in [1.165, 1.54) is 11.3 Å². The number of aryl methyl sites for hydroxylation is 1. The number of oxazole rings is 1. The van der Waals surface area contributed by atoms with Crippen molar-refractivity contribution >= 4 is 34.1 Å². The molecule has 0 aromatic carbocycles. The van der Waals surface area contributed by atoms with Crippen LogP contribution in [0.15, 0.2) is 21.0 Å². The molecular weight excluding hydrogens is 318 g/mol. The quantitative estimate of drug-likeness (QED) is 0.803. The third-order valence-electron chi connectivity index (χ3n) is 3.73. The normalized spacial score (nSPS) is 15.3. The van der Waals surface area contributed by atoms with Gasteiger partial charge in [-0.3, -0.25) is 4.79 Å². The van der Waals surface area contributed by atoms with Crippen LogP contribution in [0.5, 0.6) is 0 Å². The van der Waals surface area contributed by atoms with Crippen LogP contribution in [0.25, 0.3) is 0 Å². The molecule has 0 radical (unpaired) electrons. The number of hydrogen-bond acceptors (Lipinski definition) is 6. The molecule has 0 unspecified atom stereocenters. The topological polar surface area (TPSA) is 68.0 Å². The molecule has 2 aromatic heterocycles. The summed E-state index contributed by atoms with van der Waals surface area (Å²) in [4.78, 5) is 20.6. The Hall–Kier alpha value is -1.34. The number of nitrogens with zero attached hydrogens (tertiary/aromatic N) is 2. The summed E-state index contributed by atoms with van der Waals surface area (Å²) in [7, 11) is 0. The number of thiazole rings is 1. The van der Waals surface area contributed by atoms with Gasteiger partial charge in [0.15, 0.2) is 5.13 Å². The second-order valence-electron chi connectivity index (χ2n) is 5.32. The minimum absolute atomic E-state index is 0.115. The van der Waals surface area contributed by atoms with Crippen molar-refractivity contribution in [3.05, 3.63) is 24.0 Å². The van der Waals surface area contributed by atoms with Gasteiger partial charge >= 0.3 is 0 Å². The lowest BCUT2D eigenvalue weighted by Crippen LogP contribution is -2.19. The Morgan fingerprint density at radius 3 is 2.95 bits per heavy atom. The predicted octanol–water partition coefficient (Wildman–Crippen LogP) is 4.11. The molecule has 1 amide bonds. The van der Waals surface area contributed by atoms with Crippen molar-refractivity contribution in [2.75, 3.05) is 5.32 Å². The van der Waals surface area contributed by atoms with Gasteiger partial charge in [-0.25, -0.2) is 9.97 Å². The molecule has 0 bridgehead atoms. The van der Waals surface area contributed by atoms with Crippen LogP contribution >= 0.6 is 23.1 Å². The van der Waals surface area contributed by atoms with Crippen LogP contribution in [0.1, 0.15) is 44.3 Å². The summed E-state index contributed by atoms with van der Waals surface area (Å²) in [5.41, 5.74) is 0. The number of hydrogen-bond donors (Lipinski definition) is 1. The summed E-state index contributed by atoms with van der Waals surface area (Å²) in [5.74, 6) is 2.60. The maximum Gasteiger partial charge on any atom is 0.229 e. The minimum Gasteiger partial charge on any atom is -0.445 e. The average molecular weight is 337 g/mol. The average Bonchev–Trinajstić information content (AvgIpc) is 3.26. The Morgan fingerprint density at radius 2 is 2.23 bits per heavy atom. The fourth-order valence-electron chi connectivity index (χ4n) is 2.49. The van der Waals surface area contributed by atoms with Crippen LogP contribution in [0.2, 0.25) is 0 Å². The number of thioether (sulfide) groups is 1. The number of rotatable bonds is 6. The van der Waals surface area contributed by atoms with Crippen molar-refractivity contribution in [2.24, 2.45) is 5.92 Å². The summed E-state index contributed by atoms with van der Waals surface area (Å²) >= 11 is 3.13. The lowest BCUT2D eigenvalue weighted by molar-refractivity contribution is -0.119. The number of carbonyl (C=O) groups is 1. The molecule has 2 aromatic rings. The molecule has 0 saturated heterocycles. The van der Waals surface area contributed by atoms with Crippen LogP contribution in [0.3, 0.4) is 0 Å². The minimum atomic E-state index is 0.115. The smallest absolute Gasteiger partial charge is 0.229 e. The number of carbonyl (C=O) groups excluding carboxylic acids is 1. The standard InChI is InChI=1S/C15H19N3O2S2/c1-2-11-7-16-12(20-11)9-21-13-8-17-15(22-13)18-14(19)10-5-3-4-6-10/h7-8,10H,2-6,9H2,1H3,(H,17,18,19). The van der Waals surface area contributed by atoms with E-state index in [9.17, 15) is 4.79 Å². The zero-order valence-corrected chi connectivity index (χ0v) is 14.1. The van der Waals surface area contributed by atoms with E-state index in [1.807, 2.05) is 6.92 Å². The largest absolute Gasteiger partial charge is 0.445 e. The van der Waals surface area contributed by atoms with E-state index >= 15 is 0 Å². The zero-order valence-electron chi connectivity index (χ0n) is 12.5. The van der Waals surface area contributed by atoms with Gasteiger partial charge in [0.25, 0.3) is 0 Å². The van der Waals surface area contributed by atoms with E-state index in [4.69, 9.17) is 4.42 Å². The molecule has 5 nitrogen and oxygen atoms in total. The van der Waals surface area contributed by atoms with Gasteiger partial charge < -0.3 is 9.73 Å². The Bertz CT molecular complexity index is 632.